The van der Waals surface area contributed by atoms with E-state index in [1.807, 2.05) is 6.08 Å². The van der Waals surface area contributed by atoms with Crippen LogP contribution in [-0.4, -0.2) is 0 Å². The van der Waals surface area contributed by atoms with Crippen LogP contribution in [0.15, 0.2) is 9.66 Å². The highest BCUT2D eigenvalue weighted by Gasteiger charge is 2.40. The lowest BCUT2D eigenvalue weighted by Crippen LogP contribution is -2.24. The van der Waals surface area contributed by atoms with Crippen molar-refractivity contribution in [1.29, 1.82) is 0 Å². The summed E-state index contributed by atoms with van der Waals surface area (Å²) in [6, 6.07) is 0. The number of allylic oxidation sites excluding steroid dienone is 2. The monoisotopic (exact) mass is 354 g/mol. The lowest BCUT2D eigenvalue weighted by Gasteiger charge is -2.36. The molecule has 0 aromatic heterocycles. The van der Waals surface area contributed by atoms with Gasteiger partial charge in [-0.1, -0.05) is 6.08 Å². The van der Waals surface area contributed by atoms with Crippen LogP contribution >= 0.6 is 22.6 Å². The zero-order valence-electron chi connectivity index (χ0n) is 8.54. The van der Waals surface area contributed by atoms with Gasteiger partial charge < -0.3 is 0 Å². The summed E-state index contributed by atoms with van der Waals surface area (Å²) in [5, 5.41) is 0. The van der Waals surface area contributed by atoms with Crippen LogP contribution < -0.4 is 0 Å². The van der Waals surface area contributed by atoms with Crippen LogP contribution in [0.5, 0.6) is 0 Å². The second-order valence-corrected chi connectivity index (χ2v) is 5.62. The van der Waals surface area contributed by atoms with Crippen molar-refractivity contribution in [3.8, 4) is 0 Å². The fraction of sp³-hybridized carbons (Fsp3) is 0.333. The second kappa shape index (κ2) is 3.70. The summed E-state index contributed by atoms with van der Waals surface area (Å²) in [4.78, 5) is 0. The van der Waals surface area contributed by atoms with Crippen LogP contribution in [-0.2, 0) is 0 Å². The number of rotatable bonds is 0. The average Bonchev–Trinajstić information content (AvgIpc) is 2.33. The molecule has 3 aliphatic rings. The van der Waals surface area contributed by atoms with Crippen LogP contribution in [0.2, 0.25) is 0 Å². The van der Waals surface area contributed by atoms with Gasteiger partial charge >= 0.3 is 0 Å². The van der Waals surface area contributed by atoms with E-state index in [9.17, 15) is 17.6 Å². The Morgan fingerprint density at radius 1 is 0.882 bits per heavy atom. The maximum Gasteiger partial charge on any atom is 0.197 e. The molecule has 1 aromatic rings. The third-order valence-electron chi connectivity index (χ3n) is 3.52. The number of hydrogen-bond donors (Lipinski definition) is 0. The zero-order valence-corrected chi connectivity index (χ0v) is 10.7. The van der Waals surface area contributed by atoms with E-state index in [0.717, 1.165) is 3.58 Å². The minimum Gasteiger partial charge on any atom is -0.203 e. The molecule has 0 N–H and O–H groups in total. The topological polar surface area (TPSA) is 0 Å². The molecule has 0 nitrogen and oxygen atoms in total. The Labute approximate surface area is 109 Å². The molecule has 2 bridgehead atoms. The maximum atomic E-state index is 13.7. The Kier molecular flexibility index (Phi) is 2.50. The summed E-state index contributed by atoms with van der Waals surface area (Å²) in [5.41, 5.74) is 0.0302. The summed E-state index contributed by atoms with van der Waals surface area (Å²) < 4.78 is 54.7. The normalized spacial score (nSPS) is 25.8. The molecule has 0 fully saturated rings. The molecule has 5 heteroatoms. The van der Waals surface area contributed by atoms with Gasteiger partial charge in [0.25, 0.3) is 0 Å². The largest absolute Gasteiger partial charge is 0.203 e. The van der Waals surface area contributed by atoms with Crippen LogP contribution in [0.3, 0.4) is 0 Å². The van der Waals surface area contributed by atoms with E-state index in [4.69, 9.17) is 0 Å². The lowest BCUT2D eigenvalue weighted by molar-refractivity contribution is 0.378. The highest BCUT2D eigenvalue weighted by atomic mass is 127. The Morgan fingerprint density at radius 3 is 2.06 bits per heavy atom. The van der Waals surface area contributed by atoms with Gasteiger partial charge in [-0.15, -0.1) is 0 Å². The van der Waals surface area contributed by atoms with Gasteiger partial charge in [0.1, 0.15) is 0 Å². The van der Waals surface area contributed by atoms with Gasteiger partial charge in [0.15, 0.2) is 23.3 Å². The van der Waals surface area contributed by atoms with Gasteiger partial charge in [0.05, 0.1) is 0 Å². The van der Waals surface area contributed by atoms with Gasteiger partial charge in [0.2, 0.25) is 0 Å². The Bertz CT molecular complexity index is 550. The first kappa shape index (κ1) is 11.5. The third kappa shape index (κ3) is 1.41. The molecule has 90 valence electrons. The predicted molar refractivity (Wildman–Crippen MR) is 63.1 cm³/mol. The fourth-order valence-electron chi connectivity index (χ4n) is 2.75. The van der Waals surface area contributed by atoms with Crippen molar-refractivity contribution in [3.05, 3.63) is 44.1 Å². The smallest absolute Gasteiger partial charge is 0.197 e. The summed E-state index contributed by atoms with van der Waals surface area (Å²) in [6.45, 7) is 0. The van der Waals surface area contributed by atoms with Gasteiger partial charge in [-0.25, -0.2) is 17.6 Å². The molecule has 1 aromatic carbocycles. The van der Waals surface area contributed by atoms with Crippen LogP contribution in [0.1, 0.15) is 35.8 Å². The lowest BCUT2D eigenvalue weighted by atomic mass is 9.71. The first-order chi connectivity index (χ1) is 8.02. The molecule has 0 saturated carbocycles. The molecule has 0 unspecified atom stereocenters. The SMILES string of the molecule is Fc1c(F)c(F)c2c(c1F)[C@@H]1CC[C@@H]2C=C1I. The van der Waals surface area contributed by atoms with Crippen molar-refractivity contribution in [1.82, 2.24) is 0 Å². The Morgan fingerprint density at radius 2 is 1.47 bits per heavy atom. The first-order valence-corrected chi connectivity index (χ1v) is 6.33. The zero-order chi connectivity index (χ0) is 12.3. The van der Waals surface area contributed by atoms with Crippen LogP contribution in [0, 0.1) is 23.3 Å². The highest BCUT2D eigenvalue weighted by Crippen LogP contribution is 2.52. The number of fused-ring (bicyclic) bond motifs is 1. The second-order valence-electron chi connectivity index (χ2n) is 4.37. The number of hydrogen-bond acceptors (Lipinski definition) is 0. The average molecular weight is 354 g/mol. The first-order valence-electron chi connectivity index (χ1n) is 5.25. The molecule has 0 aliphatic heterocycles. The summed E-state index contributed by atoms with van der Waals surface area (Å²) in [5.74, 6) is -6.49. The molecular formula is C12H7F4I. The standard InChI is InChI=1S/C12H7F4I/c13-9-7-4-1-2-5(6(17)3-4)8(7)10(14)12(16)11(9)15/h3-5H,1-2H2/t4-,5-/m1/s1. The molecule has 2 atom stereocenters. The molecule has 0 amide bonds. The molecular weight excluding hydrogens is 347 g/mol. The van der Waals surface area contributed by atoms with Crippen molar-refractivity contribution in [2.75, 3.05) is 0 Å². The van der Waals surface area contributed by atoms with E-state index in [0.29, 0.717) is 12.8 Å². The van der Waals surface area contributed by atoms with Crippen molar-refractivity contribution < 1.29 is 17.6 Å². The predicted octanol–water partition coefficient (Wildman–Crippen LogP) is 4.54. The molecule has 3 aliphatic carbocycles. The van der Waals surface area contributed by atoms with Crippen LogP contribution in [0.25, 0.3) is 0 Å². The summed E-state index contributed by atoms with van der Waals surface area (Å²) in [7, 11) is 0. The fourth-order valence-corrected chi connectivity index (χ4v) is 3.81. The van der Waals surface area contributed by atoms with Crippen molar-refractivity contribution in [3.63, 3.8) is 0 Å². The number of halogens is 5. The summed E-state index contributed by atoms with van der Waals surface area (Å²) in [6.07, 6.45) is 3.14. The van der Waals surface area contributed by atoms with E-state index in [1.165, 1.54) is 0 Å². The van der Waals surface area contributed by atoms with Crippen molar-refractivity contribution in [2.45, 2.75) is 24.7 Å². The highest BCUT2D eigenvalue weighted by molar-refractivity contribution is 14.1. The van der Waals surface area contributed by atoms with Gasteiger partial charge in [-0.2, -0.15) is 0 Å². The van der Waals surface area contributed by atoms with Gasteiger partial charge in [-0.05, 0) is 39.0 Å². The molecule has 0 heterocycles. The van der Waals surface area contributed by atoms with Gasteiger partial charge in [0, 0.05) is 23.0 Å². The molecule has 0 saturated heterocycles. The Balaban J connectivity index is 2.37. The minimum atomic E-state index is -1.70. The van der Waals surface area contributed by atoms with E-state index < -0.39 is 23.3 Å². The maximum absolute atomic E-state index is 13.7. The van der Waals surface area contributed by atoms with E-state index in [1.54, 1.807) is 0 Å². The van der Waals surface area contributed by atoms with E-state index in [-0.39, 0.29) is 23.0 Å². The van der Waals surface area contributed by atoms with Crippen molar-refractivity contribution >= 4 is 22.6 Å². The minimum absolute atomic E-state index is 0.0121. The molecule has 17 heavy (non-hydrogen) atoms. The quantitative estimate of drug-likeness (QED) is 0.278. The molecule has 4 rings (SSSR count). The van der Waals surface area contributed by atoms with E-state index >= 15 is 0 Å². The molecule has 0 spiro atoms. The molecule has 0 radical (unpaired) electrons. The van der Waals surface area contributed by atoms with Crippen molar-refractivity contribution in [2.24, 2.45) is 0 Å². The Hall–Kier alpha value is -0.590. The van der Waals surface area contributed by atoms with Gasteiger partial charge in [-0.3, -0.25) is 0 Å². The van der Waals surface area contributed by atoms with Crippen LogP contribution in [0.4, 0.5) is 17.6 Å². The number of benzene rings is 1. The van der Waals surface area contributed by atoms with E-state index in [2.05, 4.69) is 22.6 Å². The third-order valence-corrected chi connectivity index (χ3v) is 4.63. The summed E-state index contributed by atoms with van der Waals surface area (Å²) >= 11 is 2.05.